The molecule has 2 saturated carbocycles. The topological polar surface area (TPSA) is 108 Å². The van der Waals surface area contributed by atoms with Crippen LogP contribution in [0.25, 0.3) is 0 Å². The molecule has 5 nitrogen and oxygen atoms in total. The van der Waals surface area contributed by atoms with Gasteiger partial charge in [-0.3, -0.25) is 0 Å². The van der Waals surface area contributed by atoms with E-state index >= 15 is 0 Å². The van der Waals surface area contributed by atoms with Crippen molar-refractivity contribution < 1.29 is 4.74 Å². The molecule has 3 aliphatic rings. The number of nitriles is 4. The van der Waals surface area contributed by atoms with Crippen LogP contribution in [-0.4, -0.2) is 12.2 Å². The minimum atomic E-state index is -1.52. The van der Waals surface area contributed by atoms with E-state index in [0.717, 1.165) is 0 Å². The van der Waals surface area contributed by atoms with Crippen molar-refractivity contribution >= 4 is 0 Å². The second-order valence-electron chi connectivity index (χ2n) is 4.58. The maximum atomic E-state index is 9.24. The van der Waals surface area contributed by atoms with Crippen LogP contribution < -0.4 is 0 Å². The molecule has 4 atom stereocenters. The third-order valence-electron chi connectivity index (χ3n) is 4.30. The maximum Gasteiger partial charge on any atom is 0.181 e. The van der Waals surface area contributed by atoms with Gasteiger partial charge in [-0.05, 0) is 6.42 Å². The normalized spacial score (nSPS) is 43.2. The Hall–Kier alpha value is -2.08. The zero-order chi connectivity index (χ0) is 11.6. The molecule has 0 aromatic carbocycles. The van der Waals surface area contributed by atoms with Crippen LogP contribution in [0.15, 0.2) is 0 Å². The molecule has 5 heteroatoms. The summed E-state index contributed by atoms with van der Waals surface area (Å²) in [7, 11) is 0. The summed E-state index contributed by atoms with van der Waals surface area (Å²) in [6, 6.07) is 7.69. The number of nitrogens with zero attached hydrogens (tertiary/aromatic N) is 4. The Morgan fingerprint density at radius 3 is 1.50 bits per heavy atom. The zero-order valence-electron chi connectivity index (χ0n) is 8.21. The number of rotatable bonds is 0. The average molecular weight is 210 g/mol. The predicted molar refractivity (Wildman–Crippen MR) is 47.6 cm³/mol. The summed E-state index contributed by atoms with van der Waals surface area (Å²) in [6.07, 6.45) is 0.413. The first kappa shape index (κ1) is 9.17. The Balaban J connectivity index is 2.26. The minimum absolute atomic E-state index is 0.0841. The highest BCUT2D eigenvalue weighted by molar-refractivity contribution is 5.45. The van der Waals surface area contributed by atoms with Gasteiger partial charge in [-0.2, -0.15) is 21.0 Å². The van der Waals surface area contributed by atoms with Gasteiger partial charge >= 0.3 is 0 Å². The van der Waals surface area contributed by atoms with Crippen molar-refractivity contribution in [1.82, 2.24) is 0 Å². The Kier molecular flexibility index (Phi) is 1.35. The van der Waals surface area contributed by atoms with Crippen molar-refractivity contribution in [3.63, 3.8) is 0 Å². The third kappa shape index (κ3) is 0.594. The molecule has 1 heterocycles. The van der Waals surface area contributed by atoms with Gasteiger partial charge in [-0.25, -0.2) is 0 Å². The van der Waals surface area contributed by atoms with E-state index in [0.29, 0.717) is 6.42 Å². The molecule has 0 aromatic heterocycles. The third-order valence-corrected chi connectivity index (χ3v) is 4.30. The number of fused-ring (bicyclic) bond motifs is 5. The molecule has 0 radical (unpaired) electrons. The molecule has 0 spiro atoms. The van der Waals surface area contributed by atoms with Gasteiger partial charge < -0.3 is 4.74 Å². The molecule has 2 aliphatic carbocycles. The monoisotopic (exact) mass is 210 g/mol. The Morgan fingerprint density at radius 1 is 0.812 bits per heavy atom. The largest absolute Gasteiger partial charge is 0.369 e. The van der Waals surface area contributed by atoms with Gasteiger partial charge in [-0.15, -0.1) is 0 Å². The standard InChI is InChI=1S/C11H6N4O/c12-2-10(3-13)6-1-7(9-8(6)16-9)11(10,4-14)5-15/h6-9H,1H2/t6-,7-,8+,9+/m0/s1. The van der Waals surface area contributed by atoms with Crippen molar-refractivity contribution in [2.75, 3.05) is 0 Å². The lowest BCUT2D eigenvalue weighted by Crippen LogP contribution is -2.46. The van der Waals surface area contributed by atoms with Gasteiger partial charge in [0.15, 0.2) is 10.8 Å². The molecule has 3 rings (SSSR count). The van der Waals surface area contributed by atoms with E-state index in [1.54, 1.807) is 0 Å². The number of epoxide rings is 1. The fourth-order valence-corrected chi connectivity index (χ4v) is 3.49. The van der Waals surface area contributed by atoms with Crippen molar-refractivity contribution in [2.24, 2.45) is 22.7 Å². The molecule has 2 bridgehead atoms. The molecular formula is C11H6N4O. The van der Waals surface area contributed by atoms with Gasteiger partial charge in [0.1, 0.15) is 0 Å². The molecule has 1 saturated heterocycles. The summed E-state index contributed by atoms with van der Waals surface area (Å²) in [5.74, 6) is -0.561. The highest BCUT2D eigenvalue weighted by atomic mass is 16.6. The molecule has 0 N–H and O–H groups in total. The smallest absolute Gasteiger partial charge is 0.181 e. The molecular weight excluding hydrogens is 204 g/mol. The van der Waals surface area contributed by atoms with E-state index in [2.05, 4.69) is 0 Å². The lowest BCUT2D eigenvalue weighted by Gasteiger charge is -2.32. The Morgan fingerprint density at radius 2 is 1.19 bits per heavy atom. The highest BCUT2D eigenvalue weighted by Crippen LogP contribution is 2.71. The number of hydrogen-bond acceptors (Lipinski definition) is 5. The quantitative estimate of drug-likeness (QED) is 0.540. The van der Waals surface area contributed by atoms with Crippen LogP contribution in [0.5, 0.6) is 0 Å². The second-order valence-corrected chi connectivity index (χ2v) is 4.58. The molecule has 16 heavy (non-hydrogen) atoms. The van der Waals surface area contributed by atoms with Crippen LogP contribution >= 0.6 is 0 Å². The van der Waals surface area contributed by atoms with Crippen molar-refractivity contribution in [3.05, 3.63) is 0 Å². The van der Waals surface area contributed by atoms with E-state index in [1.165, 1.54) is 0 Å². The summed E-state index contributed by atoms with van der Waals surface area (Å²) < 4.78 is 5.35. The fraction of sp³-hybridized carbons (Fsp3) is 0.636. The van der Waals surface area contributed by atoms with E-state index in [1.807, 2.05) is 24.3 Å². The predicted octanol–water partition coefficient (Wildman–Crippen LogP) is 0.471. The number of ether oxygens (including phenoxy) is 1. The van der Waals surface area contributed by atoms with Crippen molar-refractivity contribution in [3.8, 4) is 24.3 Å². The first-order chi connectivity index (χ1) is 7.70. The molecule has 0 unspecified atom stereocenters. The number of hydrogen-bond donors (Lipinski definition) is 0. The average Bonchev–Trinajstić information content (AvgIpc) is 2.97. The summed E-state index contributed by atoms with van der Waals surface area (Å²) in [5, 5.41) is 37.0. The van der Waals surface area contributed by atoms with Crippen LogP contribution in [0.3, 0.4) is 0 Å². The van der Waals surface area contributed by atoms with Crippen LogP contribution in [-0.2, 0) is 4.74 Å². The van der Waals surface area contributed by atoms with Crippen LogP contribution in [0, 0.1) is 68.0 Å². The summed E-state index contributed by atoms with van der Waals surface area (Å²) in [5.41, 5.74) is -3.03. The lowest BCUT2D eigenvalue weighted by atomic mass is 9.58. The van der Waals surface area contributed by atoms with Gasteiger partial charge in [0.05, 0.1) is 36.5 Å². The Labute approximate surface area is 92.1 Å². The first-order valence-electron chi connectivity index (χ1n) is 5.01. The summed E-state index contributed by atoms with van der Waals surface area (Å²) in [4.78, 5) is 0. The highest BCUT2D eigenvalue weighted by Gasteiger charge is 2.82. The summed E-state index contributed by atoms with van der Waals surface area (Å²) in [6.45, 7) is 0. The lowest BCUT2D eigenvalue weighted by molar-refractivity contribution is 0.215. The SMILES string of the molecule is N#CC1(C#N)[C@H]2C[C@@H]([C@H]3O[C@@H]32)C1(C#N)C#N. The molecule has 0 amide bonds. The second kappa shape index (κ2) is 2.35. The fourth-order valence-electron chi connectivity index (χ4n) is 3.49. The van der Waals surface area contributed by atoms with Crippen LogP contribution in [0.2, 0.25) is 0 Å². The van der Waals surface area contributed by atoms with Gasteiger partial charge in [0, 0.05) is 11.8 Å². The van der Waals surface area contributed by atoms with Crippen LogP contribution in [0.4, 0.5) is 0 Å². The van der Waals surface area contributed by atoms with Gasteiger partial charge in [0.2, 0.25) is 0 Å². The van der Waals surface area contributed by atoms with Gasteiger partial charge in [0.25, 0.3) is 0 Å². The molecule has 3 fully saturated rings. The maximum absolute atomic E-state index is 9.24. The van der Waals surface area contributed by atoms with Crippen molar-refractivity contribution in [2.45, 2.75) is 18.6 Å². The van der Waals surface area contributed by atoms with E-state index < -0.39 is 10.8 Å². The minimum Gasteiger partial charge on any atom is -0.369 e. The molecule has 0 aromatic rings. The van der Waals surface area contributed by atoms with Gasteiger partial charge in [-0.1, -0.05) is 0 Å². The van der Waals surface area contributed by atoms with Crippen molar-refractivity contribution in [1.29, 1.82) is 21.0 Å². The van der Waals surface area contributed by atoms with E-state index in [9.17, 15) is 21.0 Å². The van der Waals surface area contributed by atoms with E-state index in [-0.39, 0.29) is 24.0 Å². The van der Waals surface area contributed by atoms with Crippen LogP contribution in [0.1, 0.15) is 6.42 Å². The zero-order valence-corrected chi connectivity index (χ0v) is 8.21. The molecule has 1 aliphatic heterocycles. The molecule has 76 valence electrons. The first-order valence-corrected chi connectivity index (χ1v) is 5.01. The Bertz CT molecular complexity index is 464. The summed E-state index contributed by atoms with van der Waals surface area (Å²) >= 11 is 0. The van der Waals surface area contributed by atoms with E-state index in [4.69, 9.17) is 4.74 Å².